The van der Waals surface area contributed by atoms with Gasteiger partial charge < -0.3 is 9.84 Å². The SMILES string of the molecule is CCc1cc(CNCc2ccno2)n(CC)n1. The highest BCUT2D eigenvalue weighted by atomic mass is 16.5. The number of hydrogen-bond donors (Lipinski definition) is 1. The lowest BCUT2D eigenvalue weighted by molar-refractivity contribution is 0.371. The molecule has 0 bridgehead atoms. The number of rotatable bonds is 6. The molecule has 0 spiro atoms. The van der Waals surface area contributed by atoms with E-state index < -0.39 is 0 Å². The van der Waals surface area contributed by atoms with Gasteiger partial charge in [0.25, 0.3) is 0 Å². The van der Waals surface area contributed by atoms with E-state index in [4.69, 9.17) is 4.52 Å². The predicted molar refractivity (Wildman–Crippen MR) is 64.3 cm³/mol. The van der Waals surface area contributed by atoms with Gasteiger partial charge in [-0.25, -0.2) is 0 Å². The number of aryl methyl sites for hydroxylation is 2. The molecule has 92 valence electrons. The summed E-state index contributed by atoms with van der Waals surface area (Å²) in [5, 5.41) is 11.5. The highest BCUT2D eigenvalue weighted by molar-refractivity contribution is 5.10. The number of nitrogens with zero attached hydrogens (tertiary/aromatic N) is 3. The molecule has 2 rings (SSSR count). The molecule has 0 saturated heterocycles. The van der Waals surface area contributed by atoms with Crippen molar-refractivity contribution in [2.45, 2.75) is 39.9 Å². The molecule has 0 atom stereocenters. The molecular weight excluding hydrogens is 216 g/mol. The van der Waals surface area contributed by atoms with Gasteiger partial charge in [0.05, 0.1) is 24.1 Å². The van der Waals surface area contributed by atoms with Crippen LogP contribution in [0.15, 0.2) is 22.9 Å². The Kier molecular flexibility index (Phi) is 3.93. The van der Waals surface area contributed by atoms with Crippen LogP contribution in [0.4, 0.5) is 0 Å². The van der Waals surface area contributed by atoms with Gasteiger partial charge in [0, 0.05) is 19.2 Å². The van der Waals surface area contributed by atoms with Crippen LogP contribution in [0, 0.1) is 0 Å². The molecule has 0 aliphatic rings. The smallest absolute Gasteiger partial charge is 0.150 e. The largest absolute Gasteiger partial charge is 0.360 e. The van der Waals surface area contributed by atoms with E-state index >= 15 is 0 Å². The van der Waals surface area contributed by atoms with Crippen LogP contribution < -0.4 is 5.32 Å². The molecule has 0 saturated carbocycles. The maximum atomic E-state index is 5.02. The van der Waals surface area contributed by atoms with Crippen LogP contribution in [-0.2, 0) is 26.1 Å². The third kappa shape index (κ3) is 2.94. The van der Waals surface area contributed by atoms with Crippen molar-refractivity contribution in [3.05, 3.63) is 35.5 Å². The van der Waals surface area contributed by atoms with Crippen molar-refractivity contribution in [3.8, 4) is 0 Å². The first-order chi connectivity index (χ1) is 8.33. The van der Waals surface area contributed by atoms with E-state index in [9.17, 15) is 0 Å². The first kappa shape index (κ1) is 11.9. The van der Waals surface area contributed by atoms with E-state index in [-0.39, 0.29) is 0 Å². The van der Waals surface area contributed by atoms with Gasteiger partial charge in [-0.15, -0.1) is 0 Å². The maximum absolute atomic E-state index is 5.02. The van der Waals surface area contributed by atoms with Crippen molar-refractivity contribution in [1.29, 1.82) is 0 Å². The van der Waals surface area contributed by atoms with Crippen LogP contribution in [0.2, 0.25) is 0 Å². The Balaban J connectivity index is 1.91. The minimum Gasteiger partial charge on any atom is -0.360 e. The average molecular weight is 234 g/mol. The molecule has 5 nitrogen and oxygen atoms in total. The molecule has 0 radical (unpaired) electrons. The fraction of sp³-hybridized carbons (Fsp3) is 0.500. The van der Waals surface area contributed by atoms with Gasteiger partial charge in [-0.1, -0.05) is 12.1 Å². The zero-order valence-electron chi connectivity index (χ0n) is 10.3. The molecule has 2 aromatic heterocycles. The zero-order valence-corrected chi connectivity index (χ0v) is 10.3. The third-order valence-electron chi connectivity index (χ3n) is 2.67. The molecule has 5 heteroatoms. The molecule has 2 aromatic rings. The van der Waals surface area contributed by atoms with Crippen LogP contribution in [0.5, 0.6) is 0 Å². The first-order valence-corrected chi connectivity index (χ1v) is 5.99. The van der Waals surface area contributed by atoms with Crippen molar-refractivity contribution in [2.24, 2.45) is 0 Å². The van der Waals surface area contributed by atoms with Crippen LogP contribution in [-0.4, -0.2) is 14.9 Å². The minimum atomic E-state index is 0.691. The molecule has 0 unspecified atom stereocenters. The van der Waals surface area contributed by atoms with Crippen molar-refractivity contribution in [3.63, 3.8) is 0 Å². The molecule has 2 heterocycles. The molecule has 0 aromatic carbocycles. The number of nitrogens with one attached hydrogen (secondary N) is 1. The Morgan fingerprint density at radius 2 is 2.24 bits per heavy atom. The van der Waals surface area contributed by atoms with Crippen LogP contribution >= 0.6 is 0 Å². The van der Waals surface area contributed by atoms with Crippen molar-refractivity contribution in [2.75, 3.05) is 0 Å². The van der Waals surface area contributed by atoms with E-state index in [1.165, 1.54) is 5.69 Å². The average Bonchev–Trinajstić information content (AvgIpc) is 2.98. The normalized spacial score (nSPS) is 10.9. The molecule has 0 fully saturated rings. The fourth-order valence-electron chi connectivity index (χ4n) is 1.75. The van der Waals surface area contributed by atoms with Gasteiger partial charge in [0.15, 0.2) is 0 Å². The van der Waals surface area contributed by atoms with Gasteiger partial charge in [-0.3, -0.25) is 4.68 Å². The van der Waals surface area contributed by atoms with Crippen LogP contribution in [0.3, 0.4) is 0 Å². The monoisotopic (exact) mass is 234 g/mol. The molecule has 1 N–H and O–H groups in total. The summed E-state index contributed by atoms with van der Waals surface area (Å²) in [6.45, 7) is 6.61. The van der Waals surface area contributed by atoms with Crippen LogP contribution in [0.1, 0.15) is 31.0 Å². The van der Waals surface area contributed by atoms with Gasteiger partial charge in [0.1, 0.15) is 5.76 Å². The zero-order chi connectivity index (χ0) is 12.1. The summed E-state index contributed by atoms with van der Waals surface area (Å²) in [6.07, 6.45) is 2.63. The molecule has 0 aliphatic heterocycles. The molecule has 0 amide bonds. The lowest BCUT2D eigenvalue weighted by Crippen LogP contribution is -2.15. The summed E-state index contributed by atoms with van der Waals surface area (Å²) < 4.78 is 7.05. The summed E-state index contributed by atoms with van der Waals surface area (Å²) in [5.41, 5.74) is 2.35. The topological polar surface area (TPSA) is 55.9 Å². The lowest BCUT2D eigenvalue weighted by Gasteiger charge is -2.04. The minimum absolute atomic E-state index is 0.691. The quantitative estimate of drug-likeness (QED) is 0.827. The summed E-state index contributed by atoms with van der Waals surface area (Å²) in [6, 6.07) is 4.01. The lowest BCUT2D eigenvalue weighted by atomic mass is 10.3. The Morgan fingerprint density at radius 3 is 2.88 bits per heavy atom. The van der Waals surface area contributed by atoms with Crippen molar-refractivity contribution >= 4 is 0 Å². The second-order valence-corrected chi connectivity index (χ2v) is 3.88. The summed E-state index contributed by atoms with van der Waals surface area (Å²) in [7, 11) is 0. The highest BCUT2D eigenvalue weighted by Gasteiger charge is 2.05. The van der Waals surface area contributed by atoms with E-state index in [0.717, 1.165) is 31.0 Å². The number of aromatic nitrogens is 3. The second kappa shape index (κ2) is 5.63. The molecule has 0 aliphatic carbocycles. The van der Waals surface area contributed by atoms with Gasteiger partial charge in [0.2, 0.25) is 0 Å². The molecular formula is C12H18N4O. The Labute approximate surface area is 101 Å². The first-order valence-electron chi connectivity index (χ1n) is 5.99. The predicted octanol–water partition coefficient (Wildman–Crippen LogP) is 1.74. The Bertz CT molecular complexity index is 447. The summed E-state index contributed by atoms with van der Waals surface area (Å²) in [5.74, 6) is 0.850. The summed E-state index contributed by atoms with van der Waals surface area (Å²) in [4.78, 5) is 0. The van der Waals surface area contributed by atoms with Crippen LogP contribution in [0.25, 0.3) is 0 Å². The Morgan fingerprint density at radius 1 is 1.35 bits per heavy atom. The Hall–Kier alpha value is -1.62. The van der Waals surface area contributed by atoms with E-state index in [0.29, 0.717) is 6.54 Å². The van der Waals surface area contributed by atoms with E-state index in [1.54, 1.807) is 6.20 Å². The van der Waals surface area contributed by atoms with Gasteiger partial charge in [-0.2, -0.15) is 5.10 Å². The fourth-order valence-corrected chi connectivity index (χ4v) is 1.75. The second-order valence-electron chi connectivity index (χ2n) is 3.88. The van der Waals surface area contributed by atoms with E-state index in [2.05, 4.69) is 35.5 Å². The van der Waals surface area contributed by atoms with Gasteiger partial charge in [-0.05, 0) is 19.4 Å². The third-order valence-corrected chi connectivity index (χ3v) is 2.67. The highest BCUT2D eigenvalue weighted by Crippen LogP contribution is 2.06. The van der Waals surface area contributed by atoms with Crippen molar-refractivity contribution in [1.82, 2.24) is 20.3 Å². The standard InChI is InChI=1S/C12H18N4O/c1-3-10-7-11(16(4-2)15-10)8-13-9-12-5-6-14-17-12/h5-7,13H,3-4,8-9H2,1-2H3. The number of hydrogen-bond acceptors (Lipinski definition) is 4. The maximum Gasteiger partial charge on any atom is 0.150 e. The summed E-state index contributed by atoms with van der Waals surface area (Å²) >= 11 is 0. The molecule has 17 heavy (non-hydrogen) atoms. The van der Waals surface area contributed by atoms with E-state index in [1.807, 2.05) is 10.7 Å². The van der Waals surface area contributed by atoms with Crippen molar-refractivity contribution < 1.29 is 4.52 Å². The van der Waals surface area contributed by atoms with Gasteiger partial charge >= 0.3 is 0 Å².